The Bertz CT molecular complexity index is 301. The molecule has 0 fully saturated rings. The van der Waals surface area contributed by atoms with Crippen molar-refractivity contribution in [2.75, 3.05) is 13.2 Å². The van der Waals surface area contributed by atoms with E-state index in [-0.39, 0.29) is 12.4 Å². The predicted molar refractivity (Wildman–Crippen MR) is 53.3 cm³/mol. The van der Waals surface area contributed by atoms with E-state index in [9.17, 15) is 5.11 Å². The summed E-state index contributed by atoms with van der Waals surface area (Å²) in [6, 6.07) is 4.31. The van der Waals surface area contributed by atoms with Crippen molar-refractivity contribution in [2.45, 2.75) is 13.0 Å². The summed E-state index contributed by atoms with van der Waals surface area (Å²) >= 11 is 0. The zero-order valence-corrected chi connectivity index (χ0v) is 8.10. The molecule has 1 atom stereocenters. The fourth-order valence-electron chi connectivity index (χ4n) is 1.19. The lowest BCUT2D eigenvalue weighted by molar-refractivity contribution is 0.265. The monoisotopic (exact) mass is 197 g/mol. The lowest BCUT2D eigenvalue weighted by Gasteiger charge is -2.11. The van der Waals surface area contributed by atoms with Gasteiger partial charge in [0.2, 0.25) is 0 Å². The molecule has 0 unspecified atom stereocenters. The molecule has 0 aromatic heterocycles. The SMILES string of the molecule is CCOc1ccc([C@@H](N)CO)c(O)c1. The van der Waals surface area contributed by atoms with E-state index in [4.69, 9.17) is 15.6 Å². The van der Waals surface area contributed by atoms with Crippen LogP contribution in [-0.4, -0.2) is 23.4 Å². The molecule has 0 aliphatic heterocycles. The Morgan fingerprint density at radius 1 is 1.50 bits per heavy atom. The number of hydrogen-bond donors (Lipinski definition) is 3. The van der Waals surface area contributed by atoms with Crippen molar-refractivity contribution in [3.05, 3.63) is 23.8 Å². The summed E-state index contributed by atoms with van der Waals surface area (Å²) in [6.45, 7) is 2.22. The minimum atomic E-state index is -0.550. The van der Waals surface area contributed by atoms with Crippen LogP contribution in [0.25, 0.3) is 0 Å². The van der Waals surface area contributed by atoms with Crippen LogP contribution in [0, 0.1) is 0 Å². The molecule has 1 rings (SSSR count). The van der Waals surface area contributed by atoms with E-state index in [1.54, 1.807) is 12.1 Å². The van der Waals surface area contributed by atoms with Gasteiger partial charge >= 0.3 is 0 Å². The number of ether oxygens (including phenoxy) is 1. The Balaban J connectivity index is 2.89. The highest BCUT2D eigenvalue weighted by molar-refractivity contribution is 5.41. The molecule has 0 aliphatic carbocycles. The van der Waals surface area contributed by atoms with Gasteiger partial charge < -0.3 is 20.7 Å². The lowest BCUT2D eigenvalue weighted by atomic mass is 10.1. The molecule has 4 heteroatoms. The fourth-order valence-corrected chi connectivity index (χ4v) is 1.19. The molecule has 0 heterocycles. The van der Waals surface area contributed by atoms with Gasteiger partial charge in [0.15, 0.2) is 0 Å². The molecule has 14 heavy (non-hydrogen) atoms. The predicted octanol–water partition coefficient (Wildman–Crippen LogP) is 0.783. The first-order valence-corrected chi connectivity index (χ1v) is 4.51. The second-order valence-corrected chi connectivity index (χ2v) is 2.94. The second-order valence-electron chi connectivity index (χ2n) is 2.94. The van der Waals surface area contributed by atoms with Crippen molar-refractivity contribution < 1.29 is 14.9 Å². The summed E-state index contributed by atoms with van der Waals surface area (Å²) in [6.07, 6.45) is 0. The number of benzene rings is 1. The first kappa shape index (κ1) is 10.8. The molecule has 4 nitrogen and oxygen atoms in total. The smallest absolute Gasteiger partial charge is 0.124 e. The van der Waals surface area contributed by atoms with Crippen LogP contribution in [0.3, 0.4) is 0 Å². The summed E-state index contributed by atoms with van der Waals surface area (Å²) in [7, 11) is 0. The van der Waals surface area contributed by atoms with Gasteiger partial charge in [0.1, 0.15) is 11.5 Å². The van der Waals surface area contributed by atoms with Crippen LogP contribution in [0.4, 0.5) is 0 Å². The van der Waals surface area contributed by atoms with Gasteiger partial charge in [-0.05, 0) is 19.1 Å². The van der Waals surface area contributed by atoms with Crippen LogP contribution < -0.4 is 10.5 Å². The summed E-state index contributed by atoms with van der Waals surface area (Å²) < 4.78 is 5.19. The summed E-state index contributed by atoms with van der Waals surface area (Å²) in [4.78, 5) is 0. The average molecular weight is 197 g/mol. The molecule has 78 valence electrons. The first-order chi connectivity index (χ1) is 6.69. The van der Waals surface area contributed by atoms with Crippen LogP contribution in [0.15, 0.2) is 18.2 Å². The Labute approximate surface area is 82.9 Å². The van der Waals surface area contributed by atoms with Crippen LogP contribution in [-0.2, 0) is 0 Å². The van der Waals surface area contributed by atoms with E-state index in [0.29, 0.717) is 17.9 Å². The largest absolute Gasteiger partial charge is 0.507 e. The van der Waals surface area contributed by atoms with E-state index in [2.05, 4.69) is 0 Å². The first-order valence-electron chi connectivity index (χ1n) is 4.51. The quantitative estimate of drug-likeness (QED) is 0.666. The number of rotatable bonds is 4. The van der Waals surface area contributed by atoms with E-state index >= 15 is 0 Å². The van der Waals surface area contributed by atoms with E-state index < -0.39 is 6.04 Å². The normalized spacial score (nSPS) is 12.5. The van der Waals surface area contributed by atoms with Crippen LogP contribution >= 0.6 is 0 Å². The van der Waals surface area contributed by atoms with Gasteiger partial charge in [-0.1, -0.05) is 0 Å². The number of aliphatic hydroxyl groups excluding tert-OH is 1. The standard InChI is InChI=1S/C10H15NO3/c1-2-14-7-3-4-8(9(11)6-12)10(13)5-7/h3-5,9,12-13H,2,6,11H2,1H3/t9-/m0/s1. The maximum absolute atomic E-state index is 9.55. The van der Waals surface area contributed by atoms with Crippen molar-refractivity contribution in [3.63, 3.8) is 0 Å². The Kier molecular flexibility index (Phi) is 3.73. The zero-order chi connectivity index (χ0) is 10.6. The van der Waals surface area contributed by atoms with Crippen LogP contribution in [0.5, 0.6) is 11.5 Å². The van der Waals surface area contributed by atoms with Crippen molar-refractivity contribution in [1.29, 1.82) is 0 Å². The third-order valence-electron chi connectivity index (χ3n) is 1.91. The third kappa shape index (κ3) is 2.37. The maximum Gasteiger partial charge on any atom is 0.124 e. The Morgan fingerprint density at radius 2 is 2.21 bits per heavy atom. The lowest BCUT2D eigenvalue weighted by Crippen LogP contribution is -2.14. The van der Waals surface area contributed by atoms with Crippen molar-refractivity contribution in [1.82, 2.24) is 0 Å². The van der Waals surface area contributed by atoms with E-state index in [0.717, 1.165) is 0 Å². The van der Waals surface area contributed by atoms with Gasteiger partial charge in [0.05, 0.1) is 19.3 Å². The molecule has 0 saturated heterocycles. The number of hydrogen-bond acceptors (Lipinski definition) is 4. The number of aromatic hydroxyl groups is 1. The third-order valence-corrected chi connectivity index (χ3v) is 1.91. The maximum atomic E-state index is 9.55. The molecule has 1 aromatic carbocycles. The number of phenolic OH excluding ortho intramolecular Hbond substituents is 1. The molecule has 1 aromatic rings. The second kappa shape index (κ2) is 4.83. The number of phenols is 1. The van der Waals surface area contributed by atoms with Crippen LogP contribution in [0.1, 0.15) is 18.5 Å². The van der Waals surface area contributed by atoms with Gasteiger partial charge in [-0.15, -0.1) is 0 Å². The summed E-state index contributed by atoms with van der Waals surface area (Å²) in [5.74, 6) is 0.649. The molecule has 4 N–H and O–H groups in total. The van der Waals surface area contributed by atoms with Gasteiger partial charge in [-0.2, -0.15) is 0 Å². The molecule has 0 bridgehead atoms. The molecular weight excluding hydrogens is 182 g/mol. The molecule has 0 aliphatic rings. The van der Waals surface area contributed by atoms with E-state index in [1.807, 2.05) is 6.92 Å². The van der Waals surface area contributed by atoms with Crippen molar-refractivity contribution in [2.24, 2.45) is 5.73 Å². The highest BCUT2D eigenvalue weighted by Crippen LogP contribution is 2.27. The molecule has 0 spiro atoms. The van der Waals surface area contributed by atoms with Gasteiger partial charge in [-0.25, -0.2) is 0 Å². The number of aliphatic hydroxyl groups is 1. The minimum Gasteiger partial charge on any atom is -0.507 e. The molecule has 0 saturated carbocycles. The Morgan fingerprint density at radius 3 is 2.71 bits per heavy atom. The fraction of sp³-hybridized carbons (Fsp3) is 0.400. The number of nitrogens with two attached hydrogens (primary N) is 1. The van der Waals surface area contributed by atoms with Crippen molar-refractivity contribution >= 4 is 0 Å². The highest BCUT2D eigenvalue weighted by atomic mass is 16.5. The van der Waals surface area contributed by atoms with Gasteiger partial charge in [0.25, 0.3) is 0 Å². The molecule has 0 amide bonds. The Hall–Kier alpha value is -1.26. The zero-order valence-electron chi connectivity index (χ0n) is 8.10. The summed E-state index contributed by atoms with van der Waals surface area (Å²) in [5, 5.41) is 18.4. The van der Waals surface area contributed by atoms with E-state index in [1.165, 1.54) is 6.07 Å². The average Bonchev–Trinajstić information content (AvgIpc) is 2.17. The minimum absolute atomic E-state index is 0.0532. The summed E-state index contributed by atoms with van der Waals surface area (Å²) in [5.41, 5.74) is 6.09. The van der Waals surface area contributed by atoms with Crippen LogP contribution in [0.2, 0.25) is 0 Å². The van der Waals surface area contributed by atoms with Gasteiger partial charge in [0, 0.05) is 11.6 Å². The molecular formula is C10H15NO3. The highest BCUT2D eigenvalue weighted by Gasteiger charge is 2.10. The van der Waals surface area contributed by atoms with Gasteiger partial charge in [-0.3, -0.25) is 0 Å². The van der Waals surface area contributed by atoms with Crippen molar-refractivity contribution in [3.8, 4) is 11.5 Å². The topological polar surface area (TPSA) is 75.7 Å². The molecule has 0 radical (unpaired) electrons.